The van der Waals surface area contributed by atoms with Crippen molar-refractivity contribution in [1.82, 2.24) is 4.90 Å². The minimum absolute atomic E-state index is 0. The second-order valence-corrected chi connectivity index (χ2v) is 5.07. The summed E-state index contributed by atoms with van der Waals surface area (Å²) in [6, 6.07) is 6.99. The van der Waals surface area contributed by atoms with Crippen molar-refractivity contribution in [2.75, 3.05) is 19.6 Å². The molecule has 1 fully saturated rings. The third-order valence-corrected chi connectivity index (χ3v) is 3.48. The number of hydrogen-bond donors (Lipinski definition) is 1. The minimum Gasteiger partial charge on any atom is -0.330 e. The van der Waals surface area contributed by atoms with E-state index in [1.54, 1.807) is 6.07 Å². The number of likely N-dealkylation sites (tertiary alicyclic amines) is 1. The van der Waals surface area contributed by atoms with E-state index in [2.05, 4.69) is 11.8 Å². The van der Waals surface area contributed by atoms with Gasteiger partial charge in [0.15, 0.2) is 0 Å². The van der Waals surface area contributed by atoms with Crippen molar-refractivity contribution >= 4 is 12.4 Å². The molecule has 0 saturated carbocycles. The Balaban J connectivity index is 0.00000144. The molecule has 96 valence electrons. The van der Waals surface area contributed by atoms with Crippen LogP contribution in [0.3, 0.4) is 0 Å². The number of benzene rings is 1. The maximum Gasteiger partial charge on any atom is 0.127 e. The van der Waals surface area contributed by atoms with Crippen LogP contribution in [-0.4, -0.2) is 24.5 Å². The molecule has 1 atom stereocenters. The largest absolute Gasteiger partial charge is 0.330 e. The molecule has 0 spiro atoms. The lowest BCUT2D eigenvalue weighted by molar-refractivity contribution is 0.271. The van der Waals surface area contributed by atoms with E-state index in [1.807, 2.05) is 12.1 Å². The van der Waals surface area contributed by atoms with Crippen molar-refractivity contribution in [2.45, 2.75) is 19.9 Å². The number of halogens is 2. The molecule has 2 rings (SSSR count). The normalized spacial score (nSPS) is 24.6. The zero-order valence-electron chi connectivity index (χ0n) is 10.2. The van der Waals surface area contributed by atoms with Gasteiger partial charge in [-0.05, 0) is 31.0 Å². The predicted octanol–water partition coefficient (Wildman–Crippen LogP) is 2.42. The summed E-state index contributed by atoms with van der Waals surface area (Å²) in [6.45, 7) is 5.59. The zero-order valence-corrected chi connectivity index (χ0v) is 11.0. The fraction of sp³-hybridized carbons (Fsp3) is 0.538. The van der Waals surface area contributed by atoms with E-state index in [1.165, 1.54) is 6.07 Å². The first kappa shape index (κ1) is 14.4. The van der Waals surface area contributed by atoms with Crippen LogP contribution in [0.4, 0.5) is 4.39 Å². The second kappa shape index (κ2) is 5.80. The summed E-state index contributed by atoms with van der Waals surface area (Å²) in [7, 11) is 0. The van der Waals surface area contributed by atoms with Gasteiger partial charge >= 0.3 is 0 Å². The van der Waals surface area contributed by atoms with Crippen molar-refractivity contribution in [3.05, 3.63) is 35.6 Å². The molecule has 1 aromatic carbocycles. The highest BCUT2D eigenvalue weighted by molar-refractivity contribution is 5.85. The van der Waals surface area contributed by atoms with Gasteiger partial charge in [-0.3, -0.25) is 4.90 Å². The van der Waals surface area contributed by atoms with Crippen LogP contribution in [0.2, 0.25) is 0 Å². The van der Waals surface area contributed by atoms with Crippen LogP contribution in [0.25, 0.3) is 0 Å². The van der Waals surface area contributed by atoms with Crippen molar-refractivity contribution in [1.29, 1.82) is 0 Å². The Morgan fingerprint density at radius 3 is 2.71 bits per heavy atom. The smallest absolute Gasteiger partial charge is 0.127 e. The molecule has 1 aliphatic rings. The van der Waals surface area contributed by atoms with Gasteiger partial charge in [-0.25, -0.2) is 4.39 Å². The number of rotatable bonds is 3. The van der Waals surface area contributed by atoms with E-state index in [-0.39, 0.29) is 23.6 Å². The molecule has 4 heteroatoms. The molecule has 1 saturated heterocycles. The summed E-state index contributed by atoms with van der Waals surface area (Å²) in [5.41, 5.74) is 6.75. The van der Waals surface area contributed by atoms with Gasteiger partial charge < -0.3 is 5.73 Å². The summed E-state index contributed by atoms with van der Waals surface area (Å²) < 4.78 is 13.5. The maximum atomic E-state index is 13.5. The Hall–Kier alpha value is -0.640. The molecule has 17 heavy (non-hydrogen) atoms. The Bertz CT molecular complexity index is 372. The third-order valence-electron chi connectivity index (χ3n) is 3.48. The first-order chi connectivity index (χ1) is 7.63. The molecule has 1 unspecified atom stereocenters. The molecule has 1 heterocycles. The standard InChI is InChI=1S/C13H19FN2.ClH/c1-13(9-15)6-7-16(10-13)8-11-4-2-3-5-12(11)14;/h2-5H,6-10,15H2,1H3;1H. The van der Waals surface area contributed by atoms with Crippen LogP contribution in [0.1, 0.15) is 18.9 Å². The second-order valence-electron chi connectivity index (χ2n) is 5.07. The Kier molecular flexibility index (Phi) is 4.92. The maximum absolute atomic E-state index is 13.5. The summed E-state index contributed by atoms with van der Waals surface area (Å²) in [6.07, 6.45) is 1.11. The highest BCUT2D eigenvalue weighted by Crippen LogP contribution is 2.29. The van der Waals surface area contributed by atoms with Gasteiger partial charge in [0.1, 0.15) is 5.82 Å². The summed E-state index contributed by atoms with van der Waals surface area (Å²) in [5.74, 6) is -0.108. The number of nitrogens with two attached hydrogens (primary N) is 1. The first-order valence-electron chi connectivity index (χ1n) is 5.79. The van der Waals surface area contributed by atoms with Crippen molar-refractivity contribution in [3.63, 3.8) is 0 Å². The SMILES string of the molecule is CC1(CN)CCN(Cc2ccccc2F)C1.Cl. The predicted molar refractivity (Wildman–Crippen MR) is 70.7 cm³/mol. The molecule has 0 radical (unpaired) electrons. The molecule has 2 N–H and O–H groups in total. The van der Waals surface area contributed by atoms with Crippen LogP contribution in [-0.2, 0) is 6.54 Å². The summed E-state index contributed by atoms with van der Waals surface area (Å²) >= 11 is 0. The number of nitrogens with zero attached hydrogens (tertiary/aromatic N) is 1. The Labute approximate surface area is 108 Å². The molecule has 1 aromatic rings. The van der Waals surface area contributed by atoms with Crippen molar-refractivity contribution < 1.29 is 4.39 Å². The fourth-order valence-electron chi connectivity index (χ4n) is 2.30. The summed E-state index contributed by atoms with van der Waals surface area (Å²) in [4.78, 5) is 2.28. The highest BCUT2D eigenvalue weighted by atomic mass is 35.5. The van der Waals surface area contributed by atoms with Gasteiger partial charge in [0, 0.05) is 18.7 Å². The van der Waals surface area contributed by atoms with Crippen LogP contribution in [0, 0.1) is 11.2 Å². The Morgan fingerprint density at radius 2 is 2.12 bits per heavy atom. The quantitative estimate of drug-likeness (QED) is 0.902. The van der Waals surface area contributed by atoms with Crippen LogP contribution < -0.4 is 5.73 Å². The van der Waals surface area contributed by atoms with Gasteiger partial charge in [0.05, 0.1) is 0 Å². The minimum atomic E-state index is -0.108. The van der Waals surface area contributed by atoms with Crippen LogP contribution in [0.15, 0.2) is 24.3 Å². The lowest BCUT2D eigenvalue weighted by Gasteiger charge is -2.22. The average molecular weight is 259 g/mol. The molecule has 1 aliphatic heterocycles. The lowest BCUT2D eigenvalue weighted by atomic mass is 9.90. The van der Waals surface area contributed by atoms with Gasteiger partial charge in [0.25, 0.3) is 0 Å². The first-order valence-corrected chi connectivity index (χ1v) is 5.79. The van der Waals surface area contributed by atoms with E-state index >= 15 is 0 Å². The monoisotopic (exact) mass is 258 g/mol. The molecule has 0 aliphatic carbocycles. The molecule has 0 amide bonds. The van der Waals surface area contributed by atoms with Crippen LogP contribution >= 0.6 is 12.4 Å². The van der Waals surface area contributed by atoms with E-state index in [9.17, 15) is 4.39 Å². The van der Waals surface area contributed by atoms with E-state index in [4.69, 9.17) is 5.73 Å². The molecule has 2 nitrogen and oxygen atoms in total. The molecular formula is C13H20ClFN2. The van der Waals surface area contributed by atoms with Gasteiger partial charge in [-0.15, -0.1) is 12.4 Å². The van der Waals surface area contributed by atoms with Gasteiger partial charge in [0.2, 0.25) is 0 Å². The van der Waals surface area contributed by atoms with E-state index in [0.29, 0.717) is 13.1 Å². The Morgan fingerprint density at radius 1 is 1.41 bits per heavy atom. The zero-order chi connectivity index (χ0) is 11.6. The van der Waals surface area contributed by atoms with Crippen molar-refractivity contribution in [3.8, 4) is 0 Å². The van der Waals surface area contributed by atoms with Crippen molar-refractivity contribution in [2.24, 2.45) is 11.1 Å². The highest BCUT2D eigenvalue weighted by Gasteiger charge is 2.32. The topological polar surface area (TPSA) is 29.3 Å². The third kappa shape index (κ3) is 3.41. The van der Waals surface area contributed by atoms with Gasteiger partial charge in [-0.2, -0.15) is 0 Å². The van der Waals surface area contributed by atoms with E-state index in [0.717, 1.165) is 25.1 Å². The summed E-state index contributed by atoms with van der Waals surface area (Å²) in [5, 5.41) is 0. The molecular weight excluding hydrogens is 239 g/mol. The molecule has 0 bridgehead atoms. The van der Waals surface area contributed by atoms with E-state index < -0.39 is 0 Å². The average Bonchev–Trinajstić information content (AvgIpc) is 2.65. The fourth-order valence-corrected chi connectivity index (χ4v) is 2.30. The number of hydrogen-bond acceptors (Lipinski definition) is 2. The van der Waals surface area contributed by atoms with Crippen LogP contribution in [0.5, 0.6) is 0 Å². The van der Waals surface area contributed by atoms with Gasteiger partial charge in [-0.1, -0.05) is 25.1 Å². The lowest BCUT2D eigenvalue weighted by Crippen LogP contribution is -2.31. The molecule has 0 aromatic heterocycles.